The highest BCUT2D eigenvalue weighted by Gasteiger charge is 2.15. The molecule has 0 bridgehead atoms. The number of aromatic nitrogens is 1. The third-order valence-corrected chi connectivity index (χ3v) is 3.48. The number of likely N-dealkylation sites (tertiary alicyclic amines) is 1. The molecule has 0 aliphatic carbocycles. The molecule has 1 aliphatic rings. The van der Waals surface area contributed by atoms with Crippen LogP contribution in [0, 0.1) is 5.92 Å². The van der Waals surface area contributed by atoms with Crippen molar-refractivity contribution < 1.29 is 0 Å². The molecule has 1 aromatic rings. The van der Waals surface area contributed by atoms with E-state index in [1.807, 2.05) is 6.07 Å². The van der Waals surface area contributed by atoms with E-state index in [0.717, 1.165) is 17.1 Å². The molecule has 0 radical (unpaired) electrons. The van der Waals surface area contributed by atoms with Crippen LogP contribution in [0.2, 0.25) is 0 Å². The molecular weight excluding hydrogens is 252 g/mol. The van der Waals surface area contributed by atoms with Gasteiger partial charge in [-0.3, -0.25) is 4.90 Å². The van der Waals surface area contributed by atoms with E-state index in [9.17, 15) is 0 Å². The zero-order valence-corrected chi connectivity index (χ0v) is 10.7. The molecule has 2 heterocycles. The Morgan fingerprint density at radius 3 is 2.80 bits per heavy atom. The topological polar surface area (TPSA) is 16.1 Å². The Labute approximate surface area is 99.8 Å². The molecule has 0 N–H and O–H groups in total. The smallest absolute Gasteiger partial charge is 0.106 e. The molecule has 1 aliphatic heterocycles. The predicted octanol–water partition coefficient (Wildman–Crippen LogP) is 3.08. The van der Waals surface area contributed by atoms with Gasteiger partial charge in [0.25, 0.3) is 0 Å². The van der Waals surface area contributed by atoms with E-state index < -0.39 is 0 Å². The molecule has 1 saturated heterocycles. The average Bonchev–Trinajstić information content (AvgIpc) is 2.22. The van der Waals surface area contributed by atoms with Gasteiger partial charge >= 0.3 is 0 Å². The second-order valence-corrected chi connectivity index (χ2v) is 5.22. The van der Waals surface area contributed by atoms with Gasteiger partial charge in [-0.1, -0.05) is 13.0 Å². The molecule has 0 spiro atoms. The molecule has 0 amide bonds. The van der Waals surface area contributed by atoms with Gasteiger partial charge in [0.2, 0.25) is 0 Å². The molecule has 0 atom stereocenters. The summed E-state index contributed by atoms with van der Waals surface area (Å²) >= 11 is 3.41. The molecule has 0 saturated carbocycles. The van der Waals surface area contributed by atoms with E-state index in [2.05, 4.69) is 44.9 Å². The molecule has 1 aromatic heterocycles. The highest BCUT2D eigenvalue weighted by molar-refractivity contribution is 9.10. The Bertz CT molecular complexity index is 319. The summed E-state index contributed by atoms with van der Waals surface area (Å²) in [4.78, 5) is 6.96. The lowest BCUT2D eigenvalue weighted by Gasteiger charge is -2.29. The quantitative estimate of drug-likeness (QED) is 0.767. The van der Waals surface area contributed by atoms with E-state index in [4.69, 9.17) is 0 Å². The van der Waals surface area contributed by atoms with Crippen molar-refractivity contribution in [1.82, 2.24) is 9.88 Å². The Morgan fingerprint density at radius 2 is 2.13 bits per heavy atom. The van der Waals surface area contributed by atoms with Crippen molar-refractivity contribution in [1.29, 1.82) is 0 Å². The van der Waals surface area contributed by atoms with Crippen molar-refractivity contribution in [2.45, 2.75) is 26.3 Å². The van der Waals surface area contributed by atoms with Crippen molar-refractivity contribution in [3.8, 4) is 0 Å². The fourth-order valence-electron chi connectivity index (χ4n) is 1.99. The number of halogens is 1. The predicted molar refractivity (Wildman–Crippen MR) is 65.6 cm³/mol. The van der Waals surface area contributed by atoms with E-state index in [0.29, 0.717) is 0 Å². The van der Waals surface area contributed by atoms with Crippen LogP contribution in [0.25, 0.3) is 0 Å². The monoisotopic (exact) mass is 268 g/mol. The maximum atomic E-state index is 4.46. The Balaban J connectivity index is 1.92. The second kappa shape index (κ2) is 5.08. The van der Waals surface area contributed by atoms with Crippen LogP contribution in [-0.2, 0) is 6.54 Å². The molecule has 15 heavy (non-hydrogen) atoms. The van der Waals surface area contributed by atoms with Gasteiger partial charge in [-0.2, -0.15) is 0 Å². The Morgan fingerprint density at radius 1 is 1.40 bits per heavy atom. The maximum absolute atomic E-state index is 4.46. The van der Waals surface area contributed by atoms with Crippen LogP contribution in [0.15, 0.2) is 22.8 Å². The number of hydrogen-bond acceptors (Lipinski definition) is 2. The van der Waals surface area contributed by atoms with Crippen LogP contribution in [0.3, 0.4) is 0 Å². The van der Waals surface area contributed by atoms with Gasteiger partial charge in [0.1, 0.15) is 4.60 Å². The molecule has 0 unspecified atom stereocenters. The van der Waals surface area contributed by atoms with Gasteiger partial charge in [0.05, 0.1) is 5.69 Å². The van der Waals surface area contributed by atoms with Crippen molar-refractivity contribution in [3.63, 3.8) is 0 Å². The van der Waals surface area contributed by atoms with Crippen LogP contribution < -0.4 is 0 Å². The van der Waals surface area contributed by atoms with Crippen molar-refractivity contribution >= 4 is 15.9 Å². The van der Waals surface area contributed by atoms with Crippen molar-refractivity contribution in [2.24, 2.45) is 5.92 Å². The Kier molecular flexibility index (Phi) is 3.76. The van der Waals surface area contributed by atoms with Gasteiger partial charge in [-0.25, -0.2) is 4.98 Å². The fraction of sp³-hybridized carbons (Fsp3) is 0.583. The van der Waals surface area contributed by atoms with Crippen molar-refractivity contribution in [3.05, 3.63) is 28.5 Å². The summed E-state index contributed by atoms with van der Waals surface area (Å²) in [5.41, 5.74) is 1.17. The van der Waals surface area contributed by atoms with Crippen LogP contribution in [0.1, 0.15) is 25.5 Å². The number of pyridine rings is 1. The molecular formula is C12H17BrN2. The first-order valence-electron chi connectivity index (χ1n) is 5.58. The first kappa shape index (κ1) is 11.1. The largest absolute Gasteiger partial charge is 0.297 e. The van der Waals surface area contributed by atoms with Crippen LogP contribution in [0.5, 0.6) is 0 Å². The standard InChI is InChI=1S/C12H17BrN2/c1-10-5-7-15(8-6-10)9-11-3-2-4-12(13)14-11/h2-4,10H,5-9H2,1H3. The summed E-state index contributed by atoms with van der Waals surface area (Å²) in [7, 11) is 0. The molecule has 2 nitrogen and oxygen atoms in total. The summed E-state index contributed by atoms with van der Waals surface area (Å²) in [5, 5.41) is 0. The molecule has 2 rings (SSSR count). The summed E-state index contributed by atoms with van der Waals surface area (Å²) in [5.74, 6) is 0.900. The maximum Gasteiger partial charge on any atom is 0.106 e. The normalized spacial score (nSPS) is 19.3. The van der Waals surface area contributed by atoms with Crippen LogP contribution in [-0.4, -0.2) is 23.0 Å². The first-order chi connectivity index (χ1) is 7.24. The molecule has 0 aromatic carbocycles. The summed E-state index contributed by atoms with van der Waals surface area (Å²) in [6.45, 7) is 5.77. The highest BCUT2D eigenvalue weighted by atomic mass is 79.9. The van der Waals surface area contributed by atoms with Gasteiger partial charge in [0.15, 0.2) is 0 Å². The molecule has 82 valence electrons. The number of hydrogen-bond donors (Lipinski definition) is 0. The third-order valence-electron chi connectivity index (χ3n) is 3.03. The van der Waals surface area contributed by atoms with E-state index >= 15 is 0 Å². The lowest BCUT2D eigenvalue weighted by atomic mass is 9.99. The number of piperidine rings is 1. The van der Waals surface area contributed by atoms with Gasteiger partial charge < -0.3 is 0 Å². The third kappa shape index (κ3) is 3.28. The number of rotatable bonds is 2. The highest BCUT2D eigenvalue weighted by Crippen LogP contribution is 2.18. The summed E-state index contributed by atoms with van der Waals surface area (Å²) in [6.07, 6.45) is 2.65. The minimum absolute atomic E-state index is 0.900. The summed E-state index contributed by atoms with van der Waals surface area (Å²) < 4.78 is 0.936. The lowest BCUT2D eigenvalue weighted by molar-refractivity contribution is 0.183. The van der Waals surface area contributed by atoms with E-state index in [-0.39, 0.29) is 0 Å². The SMILES string of the molecule is CC1CCN(Cc2cccc(Br)n2)CC1. The molecule has 1 fully saturated rings. The minimum Gasteiger partial charge on any atom is -0.297 e. The van der Waals surface area contributed by atoms with Crippen LogP contribution in [0.4, 0.5) is 0 Å². The van der Waals surface area contributed by atoms with E-state index in [1.54, 1.807) is 0 Å². The van der Waals surface area contributed by atoms with Gasteiger partial charge in [-0.05, 0) is 59.9 Å². The van der Waals surface area contributed by atoms with Crippen molar-refractivity contribution in [2.75, 3.05) is 13.1 Å². The average molecular weight is 269 g/mol. The Hall–Kier alpha value is -0.410. The number of nitrogens with zero attached hydrogens (tertiary/aromatic N) is 2. The van der Waals surface area contributed by atoms with E-state index in [1.165, 1.54) is 31.6 Å². The minimum atomic E-state index is 0.900. The van der Waals surface area contributed by atoms with Crippen LogP contribution >= 0.6 is 15.9 Å². The molecule has 3 heteroatoms. The zero-order chi connectivity index (χ0) is 10.7. The second-order valence-electron chi connectivity index (χ2n) is 4.41. The van der Waals surface area contributed by atoms with Gasteiger partial charge in [-0.15, -0.1) is 0 Å². The lowest BCUT2D eigenvalue weighted by Crippen LogP contribution is -2.32. The zero-order valence-electron chi connectivity index (χ0n) is 9.12. The summed E-state index contributed by atoms with van der Waals surface area (Å²) in [6, 6.07) is 6.13. The fourth-order valence-corrected chi connectivity index (χ4v) is 2.37. The van der Waals surface area contributed by atoms with Gasteiger partial charge in [0, 0.05) is 6.54 Å². The first-order valence-corrected chi connectivity index (χ1v) is 6.37.